The minimum Gasteiger partial charge on any atom is -0.364 e. The molecule has 1 saturated heterocycles. The number of tetrazole rings is 1. The van der Waals surface area contributed by atoms with E-state index in [4.69, 9.17) is 5.73 Å². The number of nitrogens with two attached hydrogens (primary N) is 1. The van der Waals surface area contributed by atoms with E-state index in [1.165, 1.54) is 50.8 Å². The average Bonchev–Trinajstić information content (AvgIpc) is 3.35. The minimum atomic E-state index is -0.724. The number of nitrogens with one attached hydrogen (secondary N) is 1. The molecule has 152 valence electrons. The molecule has 4 rings (SSSR count). The van der Waals surface area contributed by atoms with Crippen molar-refractivity contribution in [3.63, 3.8) is 0 Å². The smallest absolute Gasteiger partial charge is 0.265 e. The molecule has 0 bridgehead atoms. The van der Waals surface area contributed by atoms with E-state index in [1.54, 1.807) is 0 Å². The van der Waals surface area contributed by atoms with Gasteiger partial charge in [0, 0.05) is 11.5 Å². The number of hydrogen-bond acceptors (Lipinski definition) is 11. The molecule has 0 aliphatic carbocycles. The van der Waals surface area contributed by atoms with Gasteiger partial charge in [0.25, 0.3) is 11.8 Å². The molecule has 2 aromatic heterocycles. The molecule has 2 atom stereocenters. The van der Waals surface area contributed by atoms with Crippen molar-refractivity contribution in [2.45, 2.75) is 29.2 Å². The van der Waals surface area contributed by atoms with Gasteiger partial charge in [-0.1, -0.05) is 23.1 Å². The van der Waals surface area contributed by atoms with E-state index in [2.05, 4.69) is 31.0 Å². The third-order valence-electron chi connectivity index (χ3n) is 4.17. The summed E-state index contributed by atoms with van der Waals surface area (Å²) in [6, 6.07) is -0.724. The number of aryl methyl sites for hydroxylation is 1. The molecular formula is C14H15N9O3S3. The first-order valence-electron chi connectivity index (χ1n) is 8.33. The molecule has 2 aliphatic heterocycles. The number of hydrogen-bond donors (Lipinski definition) is 2. The van der Waals surface area contributed by atoms with Crippen LogP contribution in [0.1, 0.15) is 5.01 Å². The highest BCUT2D eigenvalue weighted by Gasteiger charge is 2.53. The van der Waals surface area contributed by atoms with Gasteiger partial charge in [-0.05, 0) is 22.9 Å². The molecule has 29 heavy (non-hydrogen) atoms. The van der Waals surface area contributed by atoms with Crippen LogP contribution in [0.15, 0.2) is 21.9 Å². The van der Waals surface area contributed by atoms with Crippen molar-refractivity contribution in [2.75, 3.05) is 11.5 Å². The molecule has 0 saturated carbocycles. The van der Waals surface area contributed by atoms with Crippen molar-refractivity contribution in [3.8, 4) is 0 Å². The van der Waals surface area contributed by atoms with Crippen molar-refractivity contribution in [1.29, 1.82) is 0 Å². The van der Waals surface area contributed by atoms with Crippen molar-refractivity contribution < 1.29 is 14.4 Å². The molecule has 0 spiro atoms. The summed E-state index contributed by atoms with van der Waals surface area (Å²) in [7, 11) is 0. The van der Waals surface area contributed by atoms with Gasteiger partial charge in [0.1, 0.15) is 35.0 Å². The van der Waals surface area contributed by atoms with E-state index in [0.717, 1.165) is 14.9 Å². The van der Waals surface area contributed by atoms with Gasteiger partial charge in [0.05, 0.1) is 0 Å². The van der Waals surface area contributed by atoms with Crippen LogP contribution in [0, 0.1) is 6.92 Å². The summed E-state index contributed by atoms with van der Waals surface area (Å²) in [6.45, 7) is 1.76. The Bertz CT molecular complexity index is 990. The predicted molar refractivity (Wildman–Crippen MR) is 104 cm³/mol. The number of thioether (sulfide) groups is 2. The fourth-order valence-electron chi connectivity index (χ4n) is 2.94. The Kier molecular flexibility index (Phi) is 5.51. The van der Waals surface area contributed by atoms with Crippen LogP contribution in [0.2, 0.25) is 0 Å². The highest BCUT2D eigenvalue weighted by molar-refractivity contribution is 8.01. The Morgan fingerprint density at radius 3 is 2.90 bits per heavy atom. The third-order valence-corrected chi connectivity index (χ3v) is 7.57. The SMILES string of the molecule is Cc1nnc(SCC2=C(C(N)=O)N3C(=O)[C@@H](NC(=O)Cn4cnnn4)C3SC2)s1. The molecule has 3 amide bonds. The van der Waals surface area contributed by atoms with Gasteiger partial charge < -0.3 is 11.1 Å². The summed E-state index contributed by atoms with van der Waals surface area (Å²) in [5.74, 6) is -0.418. The van der Waals surface area contributed by atoms with Gasteiger partial charge in [-0.2, -0.15) is 0 Å². The van der Waals surface area contributed by atoms with E-state index in [-0.39, 0.29) is 23.5 Å². The van der Waals surface area contributed by atoms with Crippen LogP contribution in [0.4, 0.5) is 0 Å². The van der Waals surface area contributed by atoms with Crippen LogP contribution in [-0.4, -0.2) is 75.9 Å². The Morgan fingerprint density at radius 2 is 2.24 bits per heavy atom. The predicted octanol–water partition coefficient (Wildman–Crippen LogP) is -1.24. The molecule has 2 aliphatic rings. The van der Waals surface area contributed by atoms with Crippen LogP contribution in [0.3, 0.4) is 0 Å². The van der Waals surface area contributed by atoms with Crippen LogP contribution in [0.25, 0.3) is 0 Å². The summed E-state index contributed by atoms with van der Waals surface area (Å²) in [6.07, 6.45) is 1.31. The number of nitrogens with zero attached hydrogens (tertiary/aromatic N) is 7. The van der Waals surface area contributed by atoms with Gasteiger partial charge in [0.15, 0.2) is 4.34 Å². The summed E-state index contributed by atoms with van der Waals surface area (Å²) >= 11 is 4.39. The second-order valence-corrected chi connectivity index (χ2v) is 9.66. The standard InChI is InChI=1S/C14H15N9O3S3/c1-6-18-19-14(29-6)28-4-7-3-27-13-9(12(26)23(13)10(7)11(15)25)17-8(24)2-22-5-16-20-21-22/h5,9,13H,2-4H2,1H3,(H2,15,25)(H,17,24)/t9-,13?/m1/s1. The second-order valence-electron chi connectivity index (χ2n) is 6.15. The fourth-order valence-corrected chi connectivity index (χ4v) is 6.24. The van der Waals surface area contributed by atoms with Crippen LogP contribution in [-0.2, 0) is 20.9 Å². The first-order valence-corrected chi connectivity index (χ1v) is 11.2. The summed E-state index contributed by atoms with van der Waals surface area (Å²) in [5, 5.41) is 21.7. The Balaban J connectivity index is 1.44. The van der Waals surface area contributed by atoms with Gasteiger partial charge in [-0.25, -0.2) is 4.68 Å². The zero-order valence-electron chi connectivity index (χ0n) is 15.0. The van der Waals surface area contributed by atoms with E-state index in [0.29, 0.717) is 11.5 Å². The quantitative estimate of drug-likeness (QED) is 0.383. The van der Waals surface area contributed by atoms with Crippen molar-refractivity contribution in [2.24, 2.45) is 5.73 Å². The maximum Gasteiger partial charge on any atom is 0.265 e. The molecule has 0 radical (unpaired) electrons. The number of carbonyl (C=O) groups excluding carboxylic acids is 3. The van der Waals surface area contributed by atoms with Crippen LogP contribution in [0.5, 0.6) is 0 Å². The lowest BCUT2D eigenvalue weighted by Gasteiger charge is -2.49. The zero-order valence-corrected chi connectivity index (χ0v) is 17.5. The molecule has 15 heteroatoms. The summed E-state index contributed by atoms with van der Waals surface area (Å²) < 4.78 is 2.04. The Morgan fingerprint density at radius 1 is 1.41 bits per heavy atom. The third kappa shape index (κ3) is 3.97. The molecule has 0 aromatic carbocycles. The fraction of sp³-hybridized carbons (Fsp3) is 0.429. The van der Waals surface area contributed by atoms with Gasteiger partial charge in [-0.15, -0.1) is 27.1 Å². The maximum absolute atomic E-state index is 12.7. The van der Waals surface area contributed by atoms with Gasteiger partial charge in [0.2, 0.25) is 5.91 Å². The number of β-lactam (4-membered cyclic amide) rings is 1. The summed E-state index contributed by atoms with van der Waals surface area (Å²) in [4.78, 5) is 38.2. The molecular weight excluding hydrogens is 438 g/mol. The topological polar surface area (TPSA) is 162 Å². The lowest BCUT2D eigenvalue weighted by atomic mass is 10.0. The van der Waals surface area contributed by atoms with E-state index >= 15 is 0 Å². The van der Waals surface area contributed by atoms with Crippen molar-refractivity contribution >= 4 is 52.6 Å². The molecule has 1 unspecified atom stereocenters. The normalized spacial score (nSPS) is 21.0. The van der Waals surface area contributed by atoms with E-state index in [1.807, 2.05) is 6.92 Å². The van der Waals surface area contributed by atoms with E-state index < -0.39 is 17.9 Å². The molecule has 4 heterocycles. The lowest BCUT2D eigenvalue weighted by Crippen LogP contribution is -2.71. The number of aromatic nitrogens is 6. The number of carbonyl (C=O) groups is 3. The number of primary amides is 1. The largest absolute Gasteiger partial charge is 0.364 e. The zero-order chi connectivity index (χ0) is 20.5. The number of amides is 3. The molecule has 3 N–H and O–H groups in total. The number of rotatable bonds is 7. The van der Waals surface area contributed by atoms with Crippen molar-refractivity contribution in [3.05, 3.63) is 22.6 Å². The molecule has 12 nitrogen and oxygen atoms in total. The minimum absolute atomic E-state index is 0.101. The average molecular weight is 454 g/mol. The Labute approximate surface area is 176 Å². The van der Waals surface area contributed by atoms with Crippen molar-refractivity contribution in [1.82, 2.24) is 40.6 Å². The highest BCUT2D eigenvalue weighted by atomic mass is 32.2. The summed E-state index contributed by atoms with van der Waals surface area (Å²) in [5.41, 5.74) is 6.54. The molecule has 2 aromatic rings. The first-order chi connectivity index (χ1) is 13.9. The maximum atomic E-state index is 12.7. The monoisotopic (exact) mass is 453 g/mol. The van der Waals surface area contributed by atoms with Crippen LogP contribution < -0.4 is 11.1 Å². The van der Waals surface area contributed by atoms with Crippen LogP contribution >= 0.6 is 34.9 Å². The number of fused-ring (bicyclic) bond motifs is 1. The van der Waals surface area contributed by atoms with E-state index in [9.17, 15) is 14.4 Å². The highest BCUT2D eigenvalue weighted by Crippen LogP contribution is 2.41. The van der Waals surface area contributed by atoms with Gasteiger partial charge >= 0.3 is 0 Å². The molecule has 1 fully saturated rings. The Hall–Kier alpha value is -2.52. The lowest BCUT2D eigenvalue weighted by molar-refractivity contribution is -0.147. The first kappa shape index (κ1) is 19.8. The second kappa shape index (κ2) is 8.08. The van der Waals surface area contributed by atoms with Gasteiger partial charge in [-0.3, -0.25) is 19.3 Å².